The van der Waals surface area contributed by atoms with Crippen molar-refractivity contribution in [2.75, 3.05) is 20.3 Å². The van der Waals surface area contributed by atoms with Crippen LogP contribution >= 0.6 is 0 Å². The highest BCUT2D eigenvalue weighted by Crippen LogP contribution is 2.61. The quantitative estimate of drug-likeness (QED) is 0.382. The molecule has 1 aliphatic heterocycles. The number of hydrogen-bond acceptors (Lipinski definition) is 6. The summed E-state index contributed by atoms with van der Waals surface area (Å²) in [6.45, 7) is 8.79. The lowest BCUT2D eigenvalue weighted by molar-refractivity contribution is -0.151. The second kappa shape index (κ2) is 9.15. The highest BCUT2D eigenvalue weighted by Gasteiger charge is 2.57. The lowest BCUT2D eigenvalue weighted by Crippen LogP contribution is -2.57. The molecule has 0 bridgehead atoms. The minimum atomic E-state index is -0.527. The average Bonchev–Trinajstić information content (AvgIpc) is 3.15. The molecule has 6 atom stereocenters. The van der Waals surface area contributed by atoms with Gasteiger partial charge in [0.05, 0.1) is 25.4 Å². The van der Waals surface area contributed by atoms with E-state index in [2.05, 4.69) is 13.5 Å². The number of rotatable bonds is 6. The fourth-order valence-electron chi connectivity index (χ4n) is 6.52. The molecule has 1 saturated heterocycles. The Morgan fingerprint density at radius 1 is 1.24 bits per heavy atom. The number of para-hydroxylation sites is 2. The Balaban J connectivity index is 1.58. The number of hydrogen-bond donors (Lipinski definition) is 2. The Morgan fingerprint density at radius 3 is 2.67 bits per heavy atom. The van der Waals surface area contributed by atoms with Crippen LogP contribution in [0.4, 0.5) is 0 Å². The Hall–Kier alpha value is -2.31. The van der Waals surface area contributed by atoms with E-state index in [-0.39, 0.29) is 36.4 Å². The van der Waals surface area contributed by atoms with E-state index in [1.807, 2.05) is 37.3 Å². The maximum absolute atomic E-state index is 12.5. The van der Waals surface area contributed by atoms with Gasteiger partial charge in [-0.3, -0.25) is 0 Å². The van der Waals surface area contributed by atoms with E-state index in [0.717, 1.165) is 19.3 Å². The number of ether oxygens (including phenoxy) is 3. The molecular weight excluding hydrogens is 420 g/mol. The molecule has 6 nitrogen and oxygen atoms in total. The second-order valence-electron chi connectivity index (χ2n) is 10.3. The molecule has 3 aliphatic rings. The summed E-state index contributed by atoms with van der Waals surface area (Å²) >= 11 is 0. The summed E-state index contributed by atoms with van der Waals surface area (Å²) in [4.78, 5) is 12.5. The van der Waals surface area contributed by atoms with E-state index in [9.17, 15) is 15.0 Å². The van der Waals surface area contributed by atoms with Crippen molar-refractivity contribution >= 4 is 5.97 Å². The van der Waals surface area contributed by atoms with Crippen molar-refractivity contribution in [2.24, 2.45) is 22.7 Å². The van der Waals surface area contributed by atoms with Crippen molar-refractivity contribution in [2.45, 2.75) is 58.2 Å². The molecule has 0 unspecified atom stereocenters. The van der Waals surface area contributed by atoms with Gasteiger partial charge in [-0.15, -0.1) is 0 Å². The predicted molar refractivity (Wildman–Crippen MR) is 125 cm³/mol. The first-order valence-electron chi connectivity index (χ1n) is 11.9. The number of benzene rings is 1. The van der Waals surface area contributed by atoms with Crippen LogP contribution in [0.15, 0.2) is 48.1 Å². The molecule has 0 spiro atoms. The predicted octanol–water partition coefficient (Wildman–Crippen LogP) is 4.06. The Labute approximate surface area is 196 Å². The zero-order chi connectivity index (χ0) is 23.8. The van der Waals surface area contributed by atoms with Crippen molar-refractivity contribution in [3.63, 3.8) is 0 Å². The largest absolute Gasteiger partial charge is 0.493 e. The number of aliphatic hydroxyl groups is 2. The second-order valence-corrected chi connectivity index (χ2v) is 10.3. The van der Waals surface area contributed by atoms with Gasteiger partial charge in [-0.25, -0.2) is 4.79 Å². The van der Waals surface area contributed by atoms with Crippen molar-refractivity contribution < 1.29 is 29.2 Å². The zero-order valence-electron chi connectivity index (χ0n) is 19.9. The first-order valence-corrected chi connectivity index (χ1v) is 11.9. The van der Waals surface area contributed by atoms with Crippen molar-refractivity contribution in [3.05, 3.63) is 48.1 Å². The number of fused-ring (bicyclic) bond motifs is 1. The summed E-state index contributed by atoms with van der Waals surface area (Å²) in [6.07, 6.45) is 4.92. The lowest BCUT2D eigenvalue weighted by atomic mass is 9.46. The van der Waals surface area contributed by atoms with E-state index in [0.29, 0.717) is 29.9 Å². The van der Waals surface area contributed by atoms with Crippen molar-refractivity contribution in [3.8, 4) is 11.5 Å². The van der Waals surface area contributed by atoms with E-state index in [4.69, 9.17) is 14.2 Å². The molecule has 6 heteroatoms. The van der Waals surface area contributed by atoms with Gasteiger partial charge in [0.25, 0.3) is 0 Å². The van der Waals surface area contributed by atoms with Gasteiger partial charge in [0, 0.05) is 5.41 Å². The summed E-state index contributed by atoms with van der Waals surface area (Å²) in [7, 11) is 1.59. The van der Waals surface area contributed by atoms with Gasteiger partial charge in [0.15, 0.2) is 17.6 Å². The van der Waals surface area contributed by atoms with Gasteiger partial charge >= 0.3 is 5.97 Å². The van der Waals surface area contributed by atoms with E-state index >= 15 is 0 Å². The fraction of sp³-hybridized carbons (Fsp3) is 0.593. The van der Waals surface area contributed by atoms with Gasteiger partial charge < -0.3 is 24.4 Å². The van der Waals surface area contributed by atoms with Crippen LogP contribution in [-0.2, 0) is 9.53 Å². The molecule has 2 aliphatic carbocycles. The molecular formula is C27H36O6. The van der Waals surface area contributed by atoms with Crippen LogP contribution in [0.5, 0.6) is 11.5 Å². The summed E-state index contributed by atoms with van der Waals surface area (Å²) in [5.74, 6) is 1.17. The molecule has 0 aromatic heterocycles. The van der Waals surface area contributed by atoms with Crippen molar-refractivity contribution in [1.29, 1.82) is 0 Å². The highest BCUT2D eigenvalue weighted by atomic mass is 16.6. The van der Waals surface area contributed by atoms with Crippen LogP contribution in [0.2, 0.25) is 0 Å². The van der Waals surface area contributed by atoms with E-state index in [1.165, 1.54) is 5.57 Å². The topological polar surface area (TPSA) is 85.2 Å². The maximum atomic E-state index is 12.5. The molecule has 2 N–H and O–H groups in total. The minimum Gasteiger partial charge on any atom is -0.493 e. The number of allylic oxidation sites excluding steroid dienone is 2. The molecule has 3 fully saturated rings. The summed E-state index contributed by atoms with van der Waals surface area (Å²) < 4.78 is 16.8. The van der Waals surface area contributed by atoms with Crippen LogP contribution < -0.4 is 9.47 Å². The van der Waals surface area contributed by atoms with Crippen LogP contribution in [0, 0.1) is 22.7 Å². The zero-order valence-corrected chi connectivity index (χ0v) is 19.9. The summed E-state index contributed by atoms with van der Waals surface area (Å²) in [5, 5.41) is 20.9. The lowest BCUT2D eigenvalue weighted by Gasteiger charge is -2.59. The third kappa shape index (κ3) is 4.08. The normalized spacial score (nSPS) is 37.5. The molecule has 0 amide bonds. The number of aliphatic hydroxyl groups excluding tert-OH is 2. The number of esters is 1. The fourth-order valence-corrected chi connectivity index (χ4v) is 6.52. The van der Waals surface area contributed by atoms with Gasteiger partial charge in [-0.2, -0.15) is 0 Å². The highest BCUT2D eigenvalue weighted by molar-refractivity contribution is 5.91. The van der Waals surface area contributed by atoms with Crippen LogP contribution in [0.3, 0.4) is 0 Å². The number of carbonyl (C=O) groups is 1. The van der Waals surface area contributed by atoms with Crippen LogP contribution in [0.25, 0.3) is 0 Å². The first kappa shape index (κ1) is 23.8. The molecule has 1 aromatic carbocycles. The average molecular weight is 457 g/mol. The van der Waals surface area contributed by atoms with Crippen LogP contribution in [-0.4, -0.2) is 48.7 Å². The molecule has 4 rings (SSSR count). The Morgan fingerprint density at radius 2 is 1.97 bits per heavy atom. The smallest absolute Gasteiger partial charge is 0.337 e. The molecule has 0 radical (unpaired) electrons. The van der Waals surface area contributed by atoms with Crippen LogP contribution in [0.1, 0.15) is 46.0 Å². The van der Waals surface area contributed by atoms with Gasteiger partial charge in [-0.05, 0) is 61.5 Å². The van der Waals surface area contributed by atoms with Gasteiger partial charge in [0.1, 0.15) is 6.61 Å². The molecule has 180 valence electrons. The molecule has 1 heterocycles. The van der Waals surface area contributed by atoms with E-state index in [1.54, 1.807) is 7.11 Å². The minimum absolute atomic E-state index is 0.0319. The number of cyclic esters (lactones) is 1. The maximum Gasteiger partial charge on any atom is 0.337 e. The Bertz CT molecular complexity index is 938. The van der Waals surface area contributed by atoms with Gasteiger partial charge in [0.2, 0.25) is 0 Å². The molecule has 33 heavy (non-hydrogen) atoms. The molecule has 2 saturated carbocycles. The monoisotopic (exact) mass is 456 g/mol. The first-order chi connectivity index (χ1) is 15.7. The number of methoxy groups -OCH3 is 1. The molecule has 1 aromatic rings. The van der Waals surface area contributed by atoms with Crippen molar-refractivity contribution in [1.82, 2.24) is 0 Å². The standard InChI is InChI=1S/C27H36O6/c1-17-9-12-23-26(2,14-13-24(29)27(23,3)16-28)19(17)11-10-18-22(15-32-25(18)30)33-21-8-6-5-7-20(21)31-4/h5-8,10,19,22-24,28-29H,1,9,11-16H2,2-4H3/b18-10+/t19-,22+,23+,24-,26+,27+/m1/s1. The number of carbonyl (C=O) groups excluding carboxylic acids is 1. The summed E-state index contributed by atoms with van der Waals surface area (Å²) in [6, 6.07) is 7.36. The van der Waals surface area contributed by atoms with Gasteiger partial charge in [-0.1, -0.05) is 44.2 Å². The summed E-state index contributed by atoms with van der Waals surface area (Å²) in [5.41, 5.74) is 1.07. The third-order valence-corrected chi connectivity index (χ3v) is 8.55. The Kier molecular flexibility index (Phi) is 6.61. The third-order valence-electron chi connectivity index (χ3n) is 8.55. The van der Waals surface area contributed by atoms with E-state index < -0.39 is 17.6 Å². The SMILES string of the molecule is C=C1CC[C@@H]2[C@](C)(CO)[C@H](O)CC[C@@]2(C)[C@@H]1C/C=C1/C(=O)OC[C@@H]1Oc1ccccc1OC.